The molecule has 2 N–H and O–H groups in total. The van der Waals surface area contributed by atoms with Crippen LogP contribution in [0.1, 0.15) is 37.7 Å². The number of amides is 1. The van der Waals surface area contributed by atoms with Gasteiger partial charge in [0.1, 0.15) is 0 Å². The lowest BCUT2D eigenvalue weighted by Crippen LogP contribution is -2.34. The van der Waals surface area contributed by atoms with Gasteiger partial charge in [-0.1, -0.05) is 30.3 Å². The number of carbonyl (C=O) groups is 1. The van der Waals surface area contributed by atoms with E-state index in [2.05, 4.69) is 24.3 Å². The molecule has 0 bridgehead atoms. The Hall–Kier alpha value is -1.35. The SMILES string of the molecule is CN(CCCCc1ccccc1)C(=O)CC(N)C1CC1. The fourth-order valence-electron chi connectivity index (χ4n) is 2.50. The van der Waals surface area contributed by atoms with Crippen molar-refractivity contribution in [1.29, 1.82) is 0 Å². The van der Waals surface area contributed by atoms with Crippen LogP contribution < -0.4 is 5.73 Å². The van der Waals surface area contributed by atoms with Crippen LogP contribution in [-0.4, -0.2) is 30.4 Å². The molecule has 110 valence electrons. The third kappa shape index (κ3) is 4.97. The molecule has 1 atom stereocenters. The number of nitrogens with zero attached hydrogens (tertiary/aromatic N) is 1. The van der Waals surface area contributed by atoms with Gasteiger partial charge in [0.05, 0.1) is 0 Å². The van der Waals surface area contributed by atoms with Crippen LogP contribution in [0.25, 0.3) is 0 Å². The molecule has 1 fully saturated rings. The van der Waals surface area contributed by atoms with E-state index >= 15 is 0 Å². The molecule has 0 heterocycles. The van der Waals surface area contributed by atoms with Crippen LogP contribution in [0.5, 0.6) is 0 Å². The molecular weight excluding hydrogens is 248 g/mol. The highest BCUT2D eigenvalue weighted by Crippen LogP contribution is 2.32. The number of benzene rings is 1. The van der Waals surface area contributed by atoms with Gasteiger partial charge >= 0.3 is 0 Å². The van der Waals surface area contributed by atoms with Gasteiger partial charge in [-0.05, 0) is 43.6 Å². The second-order valence-electron chi connectivity index (χ2n) is 5.96. The largest absolute Gasteiger partial charge is 0.346 e. The maximum Gasteiger partial charge on any atom is 0.223 e. The molecular formula is C17H26N2O. The highest BCUT2D eigenvalue weighted by molar-refractivity contribution is 5.76. The molecule has 0 radical (unpaired) electrons. The van der Waals surface area contributed by atoms with E-state index in [0.29, 0.717) is 12.3 Å². The van der Waals surface area contributed by atoms with Gasteiger partial charge in [-0.15, -0.1) is 0 Å². The van der Waals surface area contributed by atoms with Crippen LogP contribution in [-0.2, 0) is 11.2 Å². The van der Waals surface area contributed by atoms with Gasteiger partial charge < -0.3 is 10.6 Å². The van der Waals surface area contributed by atoms with Gasteiger partial charge in [-0.25, -0.2) is 0 Å². The van der Waals surface area contributed by atoms with Crippen molar-refractivity contribution < 1.29 is 4.79 Å². The van der Waals surface area contributed by atoms with Crippen molar-refractivity contribution in [2.24, 2.45) is 11.7 Å². The Morgan fingerprint density at radius 3 is 2.65 bits per heavy atom. The van der Waals surface area contributed by atoms with Crippen molar-refractivity contribution in [2.75, 3.05) is 13.6 Å². The van der Waals surface area contributed by atoms with Crippen LogP contribution in [0, 0.1) is 5.92 Å². The standard InChI is InChI=1S/C17H26N2O/c1-19(17(20)13-16(18)15-10-11-15)12-6-5-9-14-7-3-2-4-8-14/h2-4,7-8,15-16H,5-6,9-13,18H2,1H3. The molecule has 1 aromatic rings. The topological polar surface area (TPSA) is 46.3 Å². The quantitative estimate of drug-likeness (QED) is 0.741. The third-order valence-electron chi connectivity index (χ3n) is 4.12. The van der Waals surface area contributed by atoms with E-state index in [-0.39, 0.29) is 11.9 Å². The van der Waals surface area contributed by atoms with Gasteiger partial charge in [0.15, 0.2) is 0 Å². The van der Waals surface area contributed by atoms with E-state index in [1.807, 2.05) is 18.0 Å². The van der Waals surface area contributed by atoms with Gasteiger partial charge in [0, 0.05) is 26.1 Å². The summed E-state index contributed by atoms with van der Waals surface area (Å²) in [6.07, 6.45) is 6.18. The van der Waals surface area contributed by atoms with Crippen molar-refractivity contribution in [3.8, 4) is 0 Å². The minimum Gasteiger partial charge on any atom is -0.346 e. The molecule has 1 unspecified atom stereocenters. The summed E-state index contributed by atoms with van der Waals surface area (Å²) in [5, 5.41) is 0. The first-order chi connectivity index (χ1) is 9.66. The number of rotatable bonds is 8. The summed E-state index contributed by atoms with van der Waals surface area (Å²) in [4.78, 5) is 13.8. The second-order valence-corrected chi connectivity index (χ2v) is 5.96. The zero-order valence-electron chi connectivity index (χ0n) is 12.4. The molecule has 1 saturated carbocycles. The lowest BCUT2D eigenvalue weighted by Gasteiger charge is -2.19. The number of aryl methyl sites for hydroxylation is 1. The number of unbranched alkanes of at least 4 members (excludes halogenated alkanes) is 1. The molecule has 1 aromatic carbocycles. The molecule has 20 heavy (non-hydrogen) atoms. The van der Waals surface area contributed by atoms with Crippen LogP contribution in [0.4, 0.5) is 0 Å². The van der Waals surface area contributed by atoms with E-state index in [9.17, 15) is 4.79 Å². The first-order valence-electron chi connectivity index (χ1n) is 7.70. The zero-order valence-corrected chi connectivity index (χ0v) is 12.4. The van der Waals surface area contributed by atoms with Crippen LogP contribution in [0.3, 0.4) is 0 Å². The van der Waals surface area contributed by atoms with E-state index in [1.54, 1.807) is 0 Å². The highest BCUT2D eigenvalue weighted by atomic mass is 16.2. The maximum atomic E-state index is 12.0. The summed E-state index contributed by atoms with van der Waals surface area (Å²) in [7, 11) is 1.89. The van der Waals surface area contributed by atoms with Gasteiger partial charge in [-0.3, -0.25) is 4.79 Å². The molecule has 0 spiro atoms. The van der Waals surface area contributed by atoms with Crippen LogP contribution >= 0.6 is 0 Å². The molecule has 0 aliphatic heterocycles. The third-order valence-corrected chi connectivity index (χ3v) is 4.12. The average molecular weight is 274 g/mol. The average Bonchev–Trinajstić information content (AvgIpc) is 3.29. The number of carbonyl (C=O) groups excluding carboxylic acids is 1. The lowest BCUT2D eigenvalue weighted by molar-refractivity contribution is -0.130. The number of hydrogen-bond donors (Lipinski definition) is 1. The molecule has 0 aromatic heterocycles. The number of hydrogen-bond acceptors (Lipinski definition) is 2. The normalized spacial score (nSPS) is 15.9. The number of nitrogens with two attached hydrogens (primary N) is 1. The smallest absolute Gasteiger partial charge is 0.223 e. The lowest BCUT2D eigenvalue weighted by atomic mass is 10.1. The summed E-state index contributed by atoms with van der Waals surface area (Å²) in [5.74, 6) is 0.801. The Balaban J connectivity index is 1.59. The minimum atomic E-state index is 0.0780. The summed E-state index contributed by atoms with van der Waals surface area (Å²) >= 11 is 0. The highest BCUT2D eigenvalue weighted by Gasteiger charge is 2.30. The van der Waals surface area contributed by atoms with Crippen LogP contribution in [0.2, 0.25) is 0 Å². The molecule has 3 heteroatoms. The fourth-order valence-corrected chi connectivity index (χ4v) is 2.50. The van der Waals surface area contributed by atoms with Crippen LogP contribution in [0.15, 0.2) is 30.3 Å². The van der Waals surface area contributed by atoms with Gasteiger partial charge in [-0.2, -0.15) is 0 Å². The maximum absolute atomic E-state index is 12.0. The van der Waals surface area contributed by atoms with Crippen molar-refractivity contribution in [1.82, 2.24) is 4.90 Å². The van der Waals surface area contributed by atoms with Crippen molar-refractivity contribution in [3.63, 3.8) is 0 Å². The molecule has 0 saturated heterocycles. The summed E-state index contributed by atoms with van der Waals surface area (Å²) < 4.78 is 0. The van der Waals surface area contributed by atoms with E-state index in [1.165, 1.54) is 18.4 Å². The van der Waals surface area contributed by atoms with Crippen molar-refractivity contribution in [2.45, 2.75) is 44.6 Å². The Morgan fingerprint density at radius 2 is 2.00 bits per heavy atom. The molecule has 1 amide bonds. The summed E-state index contributed by atoms with van der Waals surface area (Å²) in [5.41, 5.74) is 7.37. The first-order valence-corrected chi connectivity index (χ1v) is 7.70. The molecule has 1 aliphatic carbocycles. The minimum absolute atomic E-state index is 0.0780. The Bertz CT molecular complexity index is 414. The fraction of sp³-hybridized carbons (Fsp3) is 0.588. The Kier molecular flexibility index (Phi) is 5.60. The zero-order chi connectivity index (χ0) is 14.4. The molecule has 2 rings (SSSR count). The molecule has 1 aliphatic rings. The predicted molar refractivity (Wildman–Crippen MR) is 82.3 cm³/mol. The van der Waals surface area contributed by atoms with Gasteiger partial charge in [0.25, 0.3) is 0 Å². The predicted octanol–water partition coefficient (Wildman–Crippen LogP) is 2.60. The van der Waals surface area contributed by atoms with E-state index in [4.69, 9.17) is 5.73 Å². The second kappa shape index (κ2) is 7.44. The summed E-state index contributed by atoms with van der Waals surface area (Å²) in [6, 6.07) is 10.6. The van der Waals surface area contributed by atoms with E-state index < -0.39 is 0 Å². The Labute approximate surface area is 122 Å². The van der Waals surface area contributed by atoms with Gasteiger partial charge in [0.2, 0.25) is 5.91 Å². The van der Waals surface area contributed by atoms with Crippen molar-refractivity contribution >= 4 is 5.91 Å². The van der Waals surface area contributed by atoms with Crippen molar-refractivity contribution in [3.05, 3.63) is 35.9 Å². The monoisotopic (exact) mass is 274 g/mol. The Morgan fingerprint density at radius 1 is 1.30 bits per heavy atom. The molecule has 3 nitrogen and oxygen atoms in total. The summed E-state index contributed by atoms with van der Waals surface area (Å²) in [6.45, 7) is 0.836. The van der Waals surface area contributed by atoms with E-state index in [0.717, 1.165) is 25.8 Å². The first kappa shape index (κ1) is 15.0.